The van der Waals surface area contributed by atoms with Crippen LogP contribution in [0.2, 0.25) is 0 Å². The molecule has 37 heavy (non-hydrogen) atoms. The molecule has 3 amide bonds. The molecule has 1 aromatic heterocycles. The molecule has 190 valence electrons. The van der Waals surface area contributed by atoms with Gasteiger partial charge in [0.2, 0.25) is 0 Å². The Bertz CT molecular complexity index is 1490. The standard InChI is InChI=1S/C25H19F4N5O3/c1-31-23(35)22-18-10-13(30)2-8-17(18)21(12-32-22)37-16-6-3-14(4-7-16)33-24(36)34-15-5-9-20(26)19(11-15)25(27,28)29/h2-12H,30H2,1H3,(H,31,35)(H2,33,34,36). The molecule has 0 unspecified atom stereocenters. The van der Waals surface area contributed by atoms with E-state index in [-0.39, 0.29) is 17.3 Å². The van der Waals surface area contributed by atoms with Crippen LogP contribution in [0.15, 0.2) is 66.9 Å². The summed E-state index contributed by atoms with van der Waals surface area (Å²) in [6, 6.07) is 12.4. The Balaban J connectivity index is 1.47. The molecule has 0 saturated carbocycles. The Hall–Kier alpha value is -4.87. The fourth-order valence-electron chi connectivity index (χ4n) is 3.46. The highest BCUT2D eigenvalue weighted by molar-refractivity contribution is 6.07. The fourth-order valence-corrected chi connectivity index (χ4v) is 3.46. The van der Waals surface area contributed by atoms with Crippen molar-refractivity contribution in [2.45, 2.75) is 6.18 Å². The van der Waals surface area contributed by atoms with Crippen molar-refractivity contribution in [3.8, 4) is 11.5 Å². The lowest BCUT2D eigenvalue weighted by Crippen LogP contribution is -2.20. The van der Waals surface area contributed by atoms with E-state index in [1.807, 2.05) is 0 Å². The third-order valence-electron chi connectivity index (χ3n) is 5.19. The van der Waals surface area contributed by atoms with Gasteiger partial charge in [-0.2, -0.15) is 13.2 Å². The van der Waals surface area contributed by atoms with Crippen LogP contribution in [0.3, 0.4) is 0 Å². The van der Waals surface area contributed by atoms with Crippen LogP contribution in [0.1, 0.15) is 16.1 Å². The van der Waals surface area contributed by atoms with Crippen LogP contribution < -0.4 is 26.4 Å². The molecule has 0 spiro atoms. The number of urea groups is 1. The molecule has 3 aromatic carbocycles. The van der Waals surface area contributed by atoms with Crippen LogP contribution in [0.4, 0.5) is 39.4 Å². The Morgan fingerprint density at radius 3 is 2.27 bits per heavy atom. The van der Waals surface area contributed by atoms with Gasteiger partial charge in [0, 0.05) is 34.9 Å². The number of pyridine rings is 1. The van der Waals surface area contributed by atoms with Gasteiger partial charge >= 0.3 is 12.2 Å². The molecule has 0 saturated heterocycles. The summed E-state index contributed by atoms with van der Waals surface area (Å²) in [7, 11) is 1.49. The van der Waals surface area contributed by atoms with Crippen LogP contribution in [-0.4, -0.2) is 24.0 Å². The summed E-state index contributed by atoms with van der Waals surface area (Å²) in [6.07, 6.45) is -3.50. The predicted molar refractivity (Wildman–Crippen MR) is 130 cm³/mol. The SMILES string of the molecule is CNC(=O)c1ncc(Oc2ccc(NC(=O)Nc3ccc(F)c(C(F)(F)F)c3)cc2)c2ccc(N)cc12. The van der Waals surface area contributed by atoms with Gasteiger partial charge in [0.05, 0.1) is 11.8 Å². The Labute approximate surface area is 207 Å². The van der Waals surface area contributed by atoms with Gasteiger partial charge in [-0.3, -0.25) is 4.79 Å². The van der Waals surface area contributed by atoms with Crippen LogP contribution in [0.25, 0.3) is 10.8 Å². The number of hydrogen-bond donors (Lipinski definition) is 4. The topological polar surface area (TPSA) is 118 Å². The van der Waals surface area contributed by atoms with Crippen molar-refractivity contribution in [1.82, 2.24) is 10.3 Å². The zero-order chi connectivity index (χ0) is 26.7. The highest BCUT2D eigenvalue weighted by atomic mass is 19.4. The van der Waals surface area contributed by atoms with Crippen molar-refractivity contribution in [3.05, 3.63) is 83.9 Å². The van der Waals surface area contributed by atoms with E-state index >= 15 is 0 Å². The predicted octanol–water partition coefficient (Wildman–Crippen LogP) is 5.77. The number of benzene rings is 3. The average molecular weight is 513 g/mol. The van der Waals surface area contributed by atoms with Crippen molar-refractivity contribution in [3.63, 3.8) is 0 Å². The Morgan fingerprint density at radius 1 is 0.919 bits per heavy atom. The van der Waals surface area contributed by atoms with E-state index < -0.39 is 23.6 Å². The Kier molecular flexibility index (Phi) is 6.83. The van der Waals surface area contributed by atoms with E-state index in [1.165, 1.54) is 25.4 Å². The zero-order valence-electron chi connectivity index (χ0n) is 19.1. The Morgan fingerprint density at radius 2 is 1.59 bits per heavy atom. The number of carbonyl (C=O) groups is 2. The number of rotatable bonds is 5. The second-order valence-corrected chi connectivity index (χ2v) is 7.75. The van der Waals surface area contributed by atoms with E-state index in [1.54, 1.807) is 30.3 Å². The van der Waals surface area contributed by atoms with Gasteiger partial charge in [-0.15, -0.1) is 0 Å². The number of nitrogen functional groups attached to an aromatic ring is 1. The number of nitrogens with two attached hydrogens (primary N) is 1. The molecule has 4 aromatic rings. The van der Waals surface area contributed by atoms with Crippen LogP contribution in [0.5, 0.6) is 11.5 Å². The molecule has 12 heteroatoms. The van der Waals surface area contributed by atoms with Gasteiger partial charge in [-0.25, -0.2) is 14.2 Å². The summed E-state index contributed by atoms with van der Waals surface area (Å²) >= 11 is 0. The smallest absolute Gasteiger partial charge is 0.419 e. The summed E-state index contributed by atoms with van der Waals surface area (Å²) < 4.78 is 58.0. The fraction of sp³-hybridized carbons (Fsp3) is 0.0800. The third kappa shape index (κ3) is 5.69. The molecule has 0 radical (unpaired) electrons. The van der Waals surface area contributed by atoms with Crippen molar-refractivity contribution in [2.75, 3.05) is 23.4 Å². The van der Waals surface area contributed by atoms with Crippen molar-refractivity contribution in [1.29, 1.82) is 0 Å². The maximum atomic E-state index is 13.4. The molecule has 0 aliphatic heterocycles. The number of fused-ring (bicyclic) bond motifs is 1. The lowest BCUT2D eigenvalue weighted by molar-refractivity contribution is -0.139. The first kappa shape index (κ1) is 25.2. The zero-order valence-corrected chi connectivity index (χ0v) is 19.1. The number of ether oxygens (including phenoxy) is 1. The molecule has 8 nitrogen and oxygen atoms in total. The van der Waals surface area contributed by atoms with Crippen molar-refractivity contribution >= 4 is 39.8 Å². The summed E-state index contributed by atoms with van der Waals surface area (Å²) in [5.74, 6) is -1.08. The summed E-state index contributed by atoms with van der Waals surface area (Å²) in [5, 5.41) is 8.32. The second kappa shape index (κ2) is 10.0. The lowest BCUT2D eigenvalue weighted by Gasteiger charge is -2.13. The average Bonchev–Trinajstić information content (AvgIpc) is 2.85. The number of carbonyl (C=O) groups excluding carboxylic acids is 2. The van der Waals surface area contributed by atoms with E-state index in [2.05, 4.69) is 20.9 Å². The minimum atomic E-state index is -4.90. The van der Waals surface area contributed by atoms with Gasteiger partial charge in [0.25, 0.3) is 5.91 Å². The molecule has 5 N–H and O–H groups in total. The summed E-state index contributed by atoms with van der Waals surface area (Å²) in [4.78, 5) is 28.6. The first-order valence-corrected chi connectivity index (χ1v) is 10.7. The number of nitrogens with zero attached hydrogens (tertiary/aromatic N) is 1. The van der Waals surface area contributed by atoms with Crippen molar-refractivity contribution < 1.29 is 31.9 Å². The normalized spacial score (nSPS) is 11.2. The number of anilines is 3. The molecule has 0 aliphatic carbocycles. The van der Waals surface area contributed by atoms with Gasteiger partial charge in [0.1, 0.15) is 17.3 Å². The molecule has 4 rings (SSSR count). The largest absolute Gasteiger partial charge is 0.455 e. The third-order valence-corrected chi connectivity index (χ3v) is 5.19. The molecule has 0 fully saturated rings. The maximum Gasteiger partial charge on any atom is 0.419 e. The highest BCUT2D eigenvalue weighted by Gasteiger charge is 2.34. The van der Waals surface area contributed by atoms with Crippen LogP contribution >= 0.6 is 0 Å². The quantitative estimate of drug-likeness (QED) is 0.200. The summed E-state index contributed by atoms with van der Waals surface area (Å²) in [5.41, 5.74) is 5.10. The highest BCUT2D eigenvalue weighted by Crippen LogP contribution is 2.34. The molecule has 0 bridgehead atoms. The molecular weight excluding hydrogens is 494 g/mol. The number of amides is 3. The van der Waals surface area contributed by atoms with E-state index in [0.29, 0.717) is 45.8 Å². The van der Waals surface area contributed by atoms with Crippen LogP contribution in [-0.2, 0) is 6.18 Å². The van der Waals surface area contributed by atoms with Crippen molar-refractivity contribution in [2.24, 2.45) is 0 Å². The van der Waals surface area contributed by atoms with Gasteiger partial charge < -0.3 is 26.4 Å². The number of alkyl halides is 3. The summed E-state index contributed by atoms with van der Waals surface area (Å²) in [6.45, 7) is 0. The van der Waals surface area contributed by atoms with E-state index in [9.17, 15) is 27.2 Å². The van der Waals surface area contributed by atoms with E-state index in [0.717, 1.165) is 6.07 Å². The van der Waals surface area contributed by atoms with Gasteiger partial charge in [0.15, 0.2) is 5.75 Å². The molecular formula is C25H19F4N5O3. The van der Waals surface area contributed by atoms with Gasteiger partial charge in [-0.05, 0) is 60.7 Å². The lowest BCUT2D eigenvalue weighted by atomic mass is 10.1. The van der Waals surface area contributed by atoms with E-state index in [4.69, 9.17) is 10.5 Å². The number of aromatic nitrogens is 1. The number of halogens is 4. The first-order valence-electron chi connectivity index (χ1n) is 10.7. The first-order chi connectivity index (χ1) is 17.5. The maximum absolute atomic E-state index is 13.4. The monoisotopic (exact) mass is 513 g/mol. The molecule has 0 aliphatic rings. The molecule has 0 atom stereocenters. The minimum Gasteiger partial charge on any atom is -0.455 e. The van der Waals surface area contributed by atoms with Gasteiger partial charge in [-0.1, -0.05) is 0 Å². The number of hydrogen-bond acceptors (Lipinski definition) is 5. The minimum absolute atomic E-state index is 0.186. The number of nitrogens with one attached hydrogen (secondary N) is 3. The van der Waals surface area contributed by atoms with Crippen LogP contribution in [0, 0.1) is 5.82 Å². The molecule has 1 heterocycles. The second-order valence-electron chi connectivity index (χ2n) is 7.75.